The van der Waals surface area contributed by atoms with E-state index >= 15 is 0 Å². The summed E-state index contributed by atoms with van der Waals surface area (Å²) in [5.74, 6) is 0.232. The third kappa shape index (κ3) is 7.71. The molecule has 3 aromatic rings. The van der Waals surface area contributed by atoms with E-state index in [-0.39, 0.29) is 11.6 Å². The molecule has 226 valence electrons. The zero-order valence-electron chi connectivity index (χ0n) is 26.5. The van der Waals surface area contributed by atoms with Gasteiger partial charge in [0, 0.05) is 16.7 Å². The van der Waals surface area contributed by atoms with E-state index in [1.54, 1.807) is 0 Å². The Balaban J connectivity index is 1.28. The van der Waals surface area contributed by atoms with Crippen LogP contribution in [0.15, 0.2) is 113 Å². The van der Waals surface area contributed by atoms with Crippen molar-refractivity contribution < 1.29 is 9.59 Å². The first kappa shape index (κ1) is 32.8. The molecule has 0 aromatic heterocycles. The molecule has 1 aliphatic carbocycles. The van der Waals surface area contributed by atoms with Gasteiger partial charge in [-0.2, -0.15) is 6.42 Å². The van der Waals surface area contributed by atoms with Crippen molar-refractivity contribution in [3.05, 3.63) is 120 Å². The van der Waals surface area contributed by atoms with Gasteiger partial charge in [0.1, 0.15) is 23.2 Å². The molecule has 0 bridgehead atoms. The van der Waals surface area contributed by atoms with Gasteiger partial charge in [-0.15, -0.1) is 6.42 Å². The van der Waals surface area contributed by atoms with Crippen LogP contribution in [-0.2, 0) is 9.59 Å². The van der Waals surface area contributed by atoms with Gasteiger partial charge in [-0.25, -0.2) is 0 Å². The molecule has 4 rings (SSSR count). The number of benzene rings is 3. The summed E-state index contributed by atoms with van der Waals surface area (Å²) in [5.41, 5.74) is 2.98. The molecule has 0 saturated heterocycles. The highest BCUT2D eigenvalue weighted by Crippen LogP contribution is 2.56. The third-order valence-electron chi connectivity index (χ3n) is 8.98. The van der Waals surface area contributed by atoms with E-state index in [2.05, 4.69) is 97.4 Å². The lowest BCUT2D eigenvalue weighted by atomic mass is 9.79. The number of carbonyl (C=O) groups is 2. The average Bonchev–Trinajstić information content (AvgIpc) is 3.06. The van der Waals surface area contributed by atoms with Gasteiger partial charge >= 0.3 is 0 Å². The van der Waals surface area contributed by atoms with Crippen LogP contribution < -0.4 is 15.9 Å². The Morgan fingerprint density at radius 3 is 1.30 bits per heavy atom. The Hall–Kier alpha value is -3.09. The van der Waals surface area contributed by atoms with Crippen LogP contribution in [0.5, 0.6) is 0 Å². The maximum absolute atomic E-state index is 13.2. The standard InChI is InChI=1S/C40H49O2P/c1-4-35-36(5-2)40(42)38(37(6-3)39(35)41)30-22-11-9-7-8-10-12-23-31-43(32-24-16-13-17-25-32,33-26-18-14-19-27-33)34-28-20-15-21-29-34/h13-22,24-29H,4-12,23,30-31H2,1-3H3. The fraction of sp³-hybridized carbons (Fsp3) is 0.375. The first-order valence-corrected chi connectivity index (χ1v) is 18.5. The van der Waals surface area contributed by atoms with Crippen molar-refractivity contribution in [2.24, 2.45) is 0 Å². The molecule has 0 spiro atoms. The summed E-state index contributed by atoms with van der Waals surface area (Å²) in [6.07, 6.45) is 14.3. The number of ketones is 2. The zero-order valence-corrected chi connectivity index (χ0v) is 27.4. The van der Waals surface area contributed by atoms with Crippen molar-refractivity contribution in [2.45, 2.75) is 91.4 Å². The van der Waals surface area contributed by atoms with Gasteiger partial charge in [0.05, 0.1) is 6.16 Å². The number of carbonyl (C=O) groups excluding carboxylic acids is 2. The fourth-order valence-electron chi connectivity index (χ4n) is 6.72. The van der Waals surface area contributed by atoms with Crippen molar-refractivity contribution in [2.75, 3.05) is 6.16 Å². The quantitative estimate of drug-likeness (QED) is 0.0678. The van der Waals surface area contributed by atoms with Crippen LogP contribution in [0.2, 0.25) is 0 Å². The Labute approximate surface area is 261 Å². The van der Waals surface area contributed by atoms with E-state index in [1.165, 1.54) is 54.2 Å². The maximum Gasteiger partial charge on any atom is 0.185 e. The maximum atomic E-state index is 13.2. The van der Waals surface area contributed by atoms with Gasteiger partial charge in [-0.05, 0) is 74.1 Å². The smallest absolute Gasteiger partial charge is 0.185 e. The van der Waals surface area contributed by atoms with E-state index in [0.717, 1.165) is 35.1 Å². The van der Waals surface area contributed by atoms with Crippen LogP contribution >= 0.6 is 7.26 Å². The number of hydrogen-bond acceptors (Lipinski definition) is 2. The normalized spacial score (nSPS) is 14.1. The summed E-state index contributed by atoms with van der Waals surface area (Å²) in [6.45, 7) is 5.96. The lowest BCUT2D eigenvalue weighted by molar-refractivity contribution is -0.116. The molecule has 2 nitrogen and oxygen atoms in total. The second kappa shape index (κ2) is 16.7. The van der Waals surface area contributed by atoms with Crippen LogP contribution in [-0.4, -0.2) is 17.7 Å². The molecule has 43 heavy (non-hydrogen) atoms. The van der Waals surface area contributed by atoms with E-state index in [0.29, 0.717) is 25.7 Å². The van der Waals surface area contributed by atoms with Gasteiger partial charge in [0.15, 0.2) is 11.6 Å². The van der Waals surface area contributed by atoms with E-state index < -0.39 is 7.26 Å². The van der Waals surface area contributed by atoms with Crippen LogP contribution in [0.1, 0.15) is 91.4 Å². The van der Waals surface area contributed by atoms with Crippen LogP contribution in [0.25, 0.3) is 0 Å². The molecule has 0 N–H and O–H groups in total. The molecule has 0 unspecified atom stereocenters. The van der Waals surface area contributed by atoms with Crippen LogP contribution in [0, 0.1) is 6.42 Å². The Morgan fingerprint density at radius 1 is 0.488 bits per heavy atom. The summed E-state index contributed by atoms with van der Waals surface area (Å²) >= 11 is 0. The highest BCUT2D eigenvalue weighted by molar-refractivity contribution is 7.95. The Bertz CT molecular complexity index is 1290. The predicted molar refractivity (Wildman–Crippen MR) is 186 cm³/mol. The summed E-state index contributed by atoms with van der Waals surface area (Å²) < 4.78 is 0. The third-order valence-corrected chi connectivity index (χ3v) is 13.5. The molecular formula is C40H49O2P. The lowest BCUT2D eigenvalue weighted by Crippen LogP contribution is -2.33. The van der Waals surface area contributed by atoms with Crippen molar-refractivity contribution >= 4 is 34.7 Å². The monoisotopic (exact) mass is 592 g/mol. The SMILES string of the molecule is CCC1=C(CC)C(=O)C(C[CH-]CCCCCCCC[P+](c2ccccc2)(c2ccccc2)c2ccccc2)=C(CC)C1=O. The van der Waals surface area contributed by atoms with Crippen molar-refractivity contribution in [1.82, 2.24) is 0 Å². The molecule has 3 aromatic carbocycles. The van der Waals surface area contributed by atoms with Crippen molar-refractivity contribution in [3.8, 4) is 0 Å². The van der Waals surface area contributed by atoms with Gasteiger partial charge in [-0.1, -0.05) is 101 Å². The summed E-state index contributed by atoms with van der Waals surface area (Å²) in [5, 5.41) is 4.40. The highest BCUT2D eigenvalue weighted by Gasteiger charge is 2.44. The molecule has 0 fully saturated rings. The van der Waals surface area contributed by atoms with E-state index in [9.17, 15) is 9.59 Å². The highest BCUT2D eigenvalue weighted by atomic mass is 31.2. The van der Waals surface area contributed by atoms with Gasteiger partial charge < -0.3 is 6.42 Å². The molecule has 1 aliphatic rings. The average molecular weight is 593 g/mol. The molecule has 0 amide bonds. The Kier molecular flexibility index (Phi) is 12.7. The minimum atomic E-state index is -1.73. The van der Waals surface area contributed by atoms with E-state index in [4.69, 9.17) is 0 Å². The van der Waals surface area contributed by atoms with Crippen LogP contribution in [0.4, 0.5) is 0 Å². The summed E-state index contributed by atoms with van der Waals surface area (Å²) in [7, 11) is -1.73. The minimum Gasteiger partial charge on any atom is -0.324 e. The fourth-order valence-corrected chi connectivity index (χ4v) is 11.1. The number of unbranched alkanes of at least 4 members (excludes halogenated alkanes) is 7. The largest absolute Gasteiger partial charge is 0.324 e. The summed E-state index contributed by atoms with van der Waals surface area (Å²) in [4.78, 5) is 26.2. The Morgan fingerprint density at radius 2 is 0.860 bits per heavy atom. The number of Topliss-reactive ketones (excluding diaryl/α,β-unsaturated/α-hetero) is 2. The molecule has 3 heteroatoms. The molecular weight excluding hydrogens is 543 g/mol. The second-order valence-corrected chi connectivity index (χ2v) is 15.2. The number of hydrogen-bond donors (Lipinski definition) is 0. The summed E-state index contributed by atoms with van der Waals surface area (Å²) in [6, 6.07) is 33.5. The van der Waals surface area contributed by atoms with Crippen LogP contribution in [0.3, 0.4) is 0 Å². The van der Waals surface area contributed by atoms with Gasteiger partial charge in [0.25, 0.3) is 0 Å². The van der Waals surface area contributed by atoms with E-state index in [1.807, 2.05) is 20.8 Å². The minimum absolute atomic E-state index is 0.114. The first-order valence-electron chi connectivity index (χ1n) is 16.5. The van der Waals surface area contributed by atoms with Crippen molar-refractivity contribution in [1.29, 1.82) is 0 Å². The van der Waals surface area contributed by atoms with Gasteiger partial charge in [0.2, 0.25) is 0 Å². The lowest BCUT2D eigenvalue weighted by Gasteiger charge is -2.27. The number of rotatable bonds is 17. The first-order chi connectivity index (χ1) is 21.1. The second-order valence-electron chi connectivity index (χ2n) is 11.6. The van der Waals surface area contributed by atoms with Crippen molar-refractivity contribution in [3.63, 3.8) is 0 Å². The van der Waals surface area contributed by atoms with Gasteiger partial charge in [-0.3, -0.25) is 9.59 Å². The topological polar surface area (TPSA) is 34.1 Å². The molecule has 0 atom stereocenters. The predicted octanol–water partition coefficient (Wildman–Crippen LogP) is 9.28. The number of allylic oxidation sites excluding steroid dienone is 4. The molecule has 0 saturated carbocycles. The molecule has 0 radical (unpaired) electrons. The zero-order chi connectivity index (χ0) is 30.5. The molecule has 0 aliphatic heterocycles. The molecule has 0 heterocycles.